The van der Waals surface area contributed by atoms with Gasteiger partial charge in [0.2, 0.25) is 0 Å². The van der Waals surface area contributed by atoms with Crippen molar-refractivity contribution in [3.8, 4) is 0 Å². The highest BCUT2D eigenvalue weighted by molar-refractivity contribution is 5.77. The van der Waals surface area contributed by atoms with Crippen molar-refractivity contribution in [3.63, 3.8) is 0 Å². The number of urea groups is 1. The summed E-state index contributed by atoms with van der Waals surface area (Å²) in [6, 6.07) is 9.91. The Balaban J connectivity index is 1.43. The Morgan fingerprint density at radius 2 is 2.24 bits per heavy atom. The maximum atomic E-state index is 11.8. The number of hydrogen-bond donors (Lipinski definition) is 2. The Bertz CT molecular complexity index is 569. The molecule has 5 heteroatoms. The smallest absolute Gasteiger partial charge is 0.315 e. The minimum atomic E-state index is -0.137. The first kappa shape index (κ1) is 13.9. The Labute approximate surface area is 123 Å². The van der Waals surface area contributed by atoms with Gasteiger partial charge in [0, 0.05) is 25.0 Å². The zero-order valence-electron chi connectivity index (χ0n) is 11.9. The van der Waals surface area contributed by atoms with E-state index in [0.717, 1.165) is 36.2 Å². The number of fused-ring (bicyclic) bond motifs is 1. The van der Waals surface area contributed by atoms with Gasteiger partial charge in [-0.25, -0.2) is 4.79 Å². The van der Waals surface area contributed by atoms with Crippen molar-refractivity contribution in [3.05, 3.63) is 36.1 Å². The van der Waals surface area contributed by atoms with Gasteiger partial charge in [0.1, 0.15) is 11.3 Å². The average Bonchev–Trinajstić information content (AvgIpc) is 2.91. The van der Waals surface area contributed by atoms with Crippen molar-refractivity contribution >= 4 is 17.0 Å². The Morgan fingerprint density at radius 1 is 1.33 bits per heavy atom. The molecule has 2 amide bonds. The molecular weight excluding hydrogens is 268 g/mol. The topological polar surface area (TPSA) is 63.5 Å². The molecule has 1 aliphatic rings. The number of furan rings is 1. The predicted octanol–water partition coefficient (Wildman–Crippen LogP) is 2.45. The highest BCUT2D eigenvalue weighted by Crippen LogP contribution is 2.18. The van der Waals surface area contributed by atoms with Crippen LogP contribution in [0.4, 0.5) is 4.79 Å². The van der Waals surface area contributed by atoms with E-state index >= 15 is 0 Å². The van der Waals surface area contributed by atoms with Gasteiger partial charge in [0.15, 0.2) is 0 Å². The molecule has 0 saturated carbocycles. The zero-order chi connectivity index (χ0) is 14.5. The summed E-state index contributed by atoms with van der Waals surface area (Å²) in [6.07, 6.45) is 2.67. The standard InChI is InChI=1S/C16H20N2O3/c19-16(18-13-5-3-9-20-11-13)17-8-7-14-10-12-4-1-2-6-15(12)21-14/h1-2,4,6,10,13H,3,5,7-9,11H2,(H2,17,18,19). The van der Waals surface area contributed by atoms with Gasteiger partial charge >= 0.3 is 6.03 Å². The highest BCUT2D eigenvalue weighted by Gasteiger charge is 2.15. The number of rotatable bonds is 4. The number of carbonyl (C=O) groups excluding carboxylic acids is 1. The van der Waals surface area contributed by atoms with Crippen molar-refractivity contribution in [2.45, 2.75) is 25.3 Å². The normalized spacial score (nSPS) is 18.6. The quantitative estimate of drug-likeness (QED) is 0.908. The first-order valence-corrected chi connectivity index (χ1v) is 7.41. The van der Waals surface area contributed by atoms with Crippen LogP contribution in [0.15, 0.2) is 34.7 Å². The number of amides is 2. The molecule has 0 spiro atoms. The molecule has 2 heterocycles. The minimum absolute atomic E-state index is 0.130. The monoisotopic (exact) mass is 288 g/mol. The van der Waals surface area contributed by atoms with Crippen molar-refractivity contribution in [1.82, 2.24) is 10.6 Å². The van der Waals surface area contributed by atoms with Crippen molar-refractivity contribution in [2.75, 3.05) is 19.8 Å². The molecule has 21 heavy (non-hydrogen) atoms. The van der Waals surface area contributed by atoms with Crippen molar-refractivity contribution < 1.29 is 13.9 Å². The molecule has 0 aliphatic carbocycles. The van der Waals surface area contributed by atoms with Crippen LogP contribution in [0.1, 0.15) is 18.6 Å². The van der Waals surface area contributed by atoms with Crippen LogP contribution in [-0.2, 0) is 11.2 Å². The summed E-state index contributed by atoms with van der Waals surface area (Å²) < 4.78 is 11.0. The van der Waals surface area contributed by atoms with E-state index in [1.54, 1.807) is 0 Å². The summed E-state index contributed by atoms with van der Waals surface area (Å²) in [6.45, 7) is 1.96. The third-order valence-corrected chi connectivity index (χ3v) is 3.63. The minimum Gasteiger partial charge on any atom is -0.461 e. The van der Waals surface area contributed by atoms with Crippen LogP contribution in [0.25, 0.3) is 11.0 Å². The largest absolute Gasteiger partial charge is 0.461 e. The SMILES string of the molecule is O=C(NCCc1cc2ccccc2o1)NC1CCCOC1. The first-order valence-electron chi connectivity index (χ1n) is 7.41. The number of ether oxygens (including phenoxy) is 1. The predicted molar refractivity (Wildman–Crippen MR) is 80.3 cm³/mol. The molecule has 0 bridgehead atoms. The lowest BCUT2D eigenvalue weighted by Gasteiger charge is -2.23. The Kier molecular flexibility index (Phi) is 4.40. The van der Waals surface area contributed by atoms with E-state index in [9.17, 15) is 4.79 Å². The van der Waals surface area contributed by atoms with Crippen LogP contribution in [0.3, 0.4) is 0 Å². The molecule has 0 radical (unpaired) electrons. The van der Waals surface area contributed by atoms with Crippen LogP contribution < -0.4 is 10.6 Å². The third-order valence-electron chi connectivity index (χ3n) is 3.63. The second-order valence-electron chi connectivity index (χ2n) is 5.31. The second-order valence-corrected chi connectivity index (χ2v) is 5.31. The van der Waals surface area contributed by atoms with E-state index < -0.39 is 0 Å². The van der Waals surface area contributed by atoms with Gasteiger partial charge in [-0.05, 0) is 25.0 Å². The fourth-order valence-electron chi connectivity index (χ4n) is 2.55. The summed E-state index contributed by atoms with van der Waals surface area (Å²) in [7, 11) is 0. The van der Waals surface area contributed by atoms with E-state index in [0.29, 0.717) is 19.6 Å². The first-order chi connectivity index (χ1) is 10.3. The maximum Gasteiger partial charge on any atom is 0.315 e. The molecule has 1 saturated heterocycles. The number of nitrogens with one attached hydrogen (secondary N) is 2. The van der Waals surface area contributed by atoms with Crippen LogP contribution in [-0.4, -0.2) is 31.8 Å². The Morgan fingerprint density at radius 3 is 3.05 bits per heavy atom. The Hall–Kier alpha value is -2.01. The summed E-state index contributed by atoms with van der Waals surface area (Å²) in [5, 5.41) is 6.88. The molecule has 112 valence electrons. The van der Waals surface area contributed by atoms with E-state index in [1.807, 2.05) is 30.3 Å². The van der Waals surface area contributed by atoms with E-state index in [-0.39, 0.29) is 12.1 Å². The number of carbonyl (C=O) groups is 1. The lowest BCUT2D eigenvalue weighted by atomic mass is 10.1. The lowest BCUT2D eigenvalue weighted by molar-refractivity contribution is 0.0732. The molecule has 1 atom stereocenters. The maximum absolute atomic E-state index is 11.8. The third kappa shape index (κ3) is 3.76. The molecule has 3 rings (SSSR count). The van der Waals surface area contributed by atoms with Gasteiger partial charge in [-0.3, -0.25) is 0 Å². The fourth-order valence-corrected chi connectivity index (χ4v) is 2.55. The molecule has 2 N–H and O–H groups in total. The average molecular weight is 288 g/mol. The summed E-state index contributed by atoms with van der Waals surface area (Å²) in [5.74, 6) is 0.887. The van der Waals surface area contributed by atoms with E-state index in [1.165, 1.54) is 0 Å². The molecule has 1 unspecified atom stereocenters. The van der Waals surface area contributed by atoms with Gasteiger partial charge in [0.05, 0.1) is 12.6 Å². The van der Waals surface area contributed by atoms with Gasteiger partial charge in [-0.15, -0.1) is 0 Å². The van der Waals surface area contributed by atoms with Crippen LogP contribution in [0.5, 0.6) is 0 Å². The van der Waals surface area contributed by atoms with Gasteiger partial charge in [-0.2, -0.15) is 0 Å². The molecule has 1 aliphatic heterocycles. The molecule has 1 fully saturated rings. The summed E-state index contributed by atoms with van der Waals surface area (Å²) >= 11 is 0. The molecule has 5 nitrogen and oxygen atoms in total. The van der Waals surface area contributed by atoms with E-state index in [4.69, 9.17) is 9.15 Å². The van der Waals surface area contributed by atoms with E-state index in [2.05, 4.69) is 10.6 Å². The number of hydrogen-bond acceptors (Lipinski definition) is 3. The van der Waals surface area contributed by atoms with Crippen molar-refractivity contribution in [2.24, 2.45) is 0 Å². The summed E-state index contributed by atoms with van der Waals surface area (Å²) in [4.78, 5) is 11.8. The second kappa shape index (κ2) is 6.63. The van der Waals surface area contributed by atoms with Crippen molar-refractivity contribution in [1.29, 1.82) is 0 Å². The lowest BCUT2D eigenvalue weighted by Crippen LogP contribution is -2.46. The molecular formula is C16H20N2O3. The molecule has 1 aromatic carbocycles. The molecule has 2 aromatic rings. The van der Waals surface area contributed by atoms with Gasteiger partial charge in [0.25, 0.3) is 0 Å². The van der Waals surface area contributed by atoms with Gasteiger partial charge in [-0.1, -0.05) is 18.2 Å². The highest BCUT2D eigenvalue weighted by atomic mass is 16.5. The molecule has 1 aromatic heterocycles. The van der Waals surface area contributed by atoms with Crippen LogP contribution >= 0.6 is 0 Å². The zero-order valence-corrected chi connectivity index (χ0v) is 11.9. The summed E-state index contributed by atoms with van der Waals surface area (Å²) in [5.41, 5.74) is 0.885. The van der Waals surface area contributed by atoms with Gasteiger partial charge < -0.3 is 19.8 Å². The van der Waals surface area contributed by atoms with Crippen LogP contribution in [0.2, 0.25) is 0 Å². The van der Waals surface area contributed by atoms with Crippen LogP contribution in [0, 0.1) is 0 Å². The fraction of sp³-hybridized carbons (Fsp3) is 0.438. The number of benzene rings is 1. The number of para-hydroxylation sites is 1.